The summed E-state index contributed by atoms with van der Waals surface area (Å²) in [5, 5.41) is 0. The summed E-state index contributed by atoms with van der Waals surface area (Å²) >= 11 is 0. The largest absolute Gasteiger partial charge is 0.328 e. The van der Waals surface area contributed by atoms with E-state index in [2.05, 4.69) is 4.99 Å². The van der Waals surface area contributed by atoms with Crippen molar-refractivity contribution in [2.75, 3.05) is 0 Å². The molecule has 0 amide bonds. The number of hydrogen-bond donors (Lipinski definition) is 1. The maximum Gasteiger partial charge on any atom is 0.235 e. The van der Waals surface area contributed by atoms with E-state index in [1.165, 1.54) is 6.08 Å². The smallest absolute Gasteiger partial charge is 0.235 e. The third-order valence-electron chi connectivity index (χ3n) is 1.87. The van der Waals surface area contributed by atoms with E-state index in [0.29, 0.717) is 19.3 Å². The molecule has 1 fully saturated rings. The standard InChI is InChI=1S/C7H10N2O2/c8-5-1-2-7(11)6(3-5)9-4-10/h5-6H,1-3,8H2. The van der Waals surface area contributed by atoms with Gasteiger partial charge in [0.25, 0.3) is 0 Å². The molecule has 0 aromatic heterocycles. The van der Waals surface area contributed by atoms with Crippen LogP contribution in [0.2, 0.25) is 0 Å². The lowest BCUT2D eigenvalue weighted by Gasteiger charge is -2.20. The predicted octanol–water partition coefficient (Wildman–Crippen LogP) is -0.229. The Morgan fingerprint density at radius 1 is 1.64 bits per heavy atom. The van der Waals surface area contributed by atoms with Crippen LogP contribution in [-0.4, -0.2) is 23.9 Å². The average molecular weight is 154 g/mol. The van der Waals surface area contributed by atoms with E-state index < -0.39 is 6.04 Å². The molecule has 2 unspecified atom stereocenters. The minimum absolute atomic E-state index is 0.00907. The van der Waals surface area contributed by atoms with Crippen molar-refractivity contribution in [3.05, 3.63) is 0 Å². The molecule has 0 aliphatic heterocycles. The third kappa shape index (κ3) is 1.97. The van der Waals surface area contributed by atoms with Crippen LogP contribution in [0.5, 0.6) is 0 Å². The SMILES string of the molecule is NC1CCC(=O)C(N=C=O)C1. The molecule has 0 bridgehead atoms. The van der Waals surface area contributed by atoms with Crippen molar-refractivity contribution in [2.45, 2.75) is 31.3 Å². The van der Waals surface area contributed by atoms with Crippen LogP contribution in [0.4, 0.5) is 0 Å². The lowest BCUT2D eigenvalue weighted by atomic mass is 9.91. The van der Waals surface area contributed by atoms with E-state index in [9.17, 15) is 9.59 Å². The number of nitrogens with zero attached hydrogens (tertiary/aromatic N) is 1. The minimum atomic E-state index is -0.517. The predicted molar refractivity (Wildman–Crippen MR) is 38.7 cm³/mol. The van der Waals surface area contributed by atoms with E-state index in [0.717, 1.165) is 0 Å². The van der Waals surface area contributed by atoms with Crippen molar-refractivity contribution >= 4 is 11.9 Å². The number of carbonyl (C=O) groups excluding carboxylic acids is 2. The summed E-state index contributed by atoms with van der Waals surface area (Å²) in [6.07, 6.45) is 3.03. The first-order valence-corrected chi connectivity index (χ1v) is 3.59. The second-order valence-electron chi connectivity index (χ2n) is 2.74. The van der Waals surface area contributed by atoms with Gasteiger partial charge in [0, 0.05) is 12.5 Å². The van der Waals surface area contributed by atoms with Gasteiger partial charge in [-0.25, -0.2) is 4.79 Å². The third-order valence-corrected chi connectivity index (χ3v) is 1.87. The molecule has 0 aromatic carbocycles. The average Bonchev–Trinajstić information content (AvgIpc) is 1.98. The van der Waals surface area contributed by atoms with E-state index >= 15 is 0 Å². The van der Waals surface area contributed by atoms with Crippen LogP contribution in [0.25, 0.3) is 0 Å². The zero-order valence-corrected chi connectivity index (χ0v) is 6.12. The summed E-state index contributed by atoms with van der Waals surface area (Å²) < 4.78 is 0. The van der Waals surface area contributed by atoms with Crippen LogP contribution in [-0.2, 0) is 9.59 Å². The van der Waals surface area contributed by atoms with Gasteiger partial charge in [-0.05, 0) is 12.8 Å². The molecule has 0 heterocycles. The molecule has 1 rings (SSSR count). The molecule has 4 nitrogen and oxygen atoms in total. The maximum atomic E-state index is 11.0. The molecule has 60 valence electrons. The number of ketones is 1. The number of nitrogens with two attached hydrogens (primary N) is 1. The van der Waals surface area contributed by atoms with Crippen molar-refractivity contribution in [1.29, 1.82) is 0 Å². The highest BCUT2D eigenvalue weighted by Crippen LogP contribution is 2.15. The second kappa shape index (κ2) is 3.42. The molecule has 2 atom stereocenters. The molecule has 0 radical (unpaired) electrons. The number of hydrogen-bond acceptors (Lipinski definition) is 4. The quantitative estimate of drug-likeness (QED) is 0.419. The monoisotopic (exact) mass is 154 g/mol. The van der Waals surface area contributed by atoms with Crippen molar-refractivity contribution in [3.63, 3.8) is 0 Å². The Morgan fingerprint density at radius 3 is 3.00 bits per heavy atom. The highest BCUT2D eigenvalue weighted by molar-refractivity contribution is 5.85. The van der Waals surface area contributed by atoms with Crippen LogP contribution >= 0.6 is 0 Å². The summed E-state index contributed by atoms with van der Waals surface area (Å²) in [4.78, 5) is 24.2. The Labute approximate surface area is 64.5 Å². The molecular formula is C7H10N2O2. The first kappa shape index (κ1) is 8.11. The van der Waals surface area contributed by atoms with Gasteiger partial charge in [-0.1, -0.05) is 0 Å². The van der Waals surface area contributed by atoms with E-state index in [1.54, 1.807) is 0 Å². The molecule has 4 heteroatoms. The molecule has 0 spiro atoms. The molecule has 1 aliphatic rings. The first-order chi connectivity index (χ1) is 5.24. The topological polar surface area (TPSA) is 72.5 Å². The Hall–Kier alpha value is -0.990. The van der Waals surface area contributed by atoms with E-state index in [4.69, 9.17) is 5.73 Å². The van der Waals surface area contributed by atoms with Gasteiger partial charge in [0.15, 0.2) is 5.78 Å². The summed E-state index contributed by atoms with van der Waals surface area (Å²) in [7, 11) is 0. The highest BCUT2D eigenvalue weighted by atomic mass is 16.1. The number of isocyanates is 1. The first-order valence-electron chi connectivity index (χ1n) is 3.59. The molecule has 0 saturated heterocycles. The molecule has 1 saturated carbocycles. The Bertz CT molecular complexity index is 208. The van der Waals surface area contributed by atoms with Gasteiger partial charge in [0.2, 0.25) is 6.08 Å². The lowest BCUT2D eigenvalue weighted by molar-refractivity contribution is -0.121. The fourth-order valence-corrected chi connectivity index (χ4v) is 1.22. The van der Waals surface area contributed by atoms with Gasteiger partial charge in [0.1, 0.15) is 6.04 Å². The Kier molecular flexibility index (Phi) is 2.52. The minimum Gasteiger partial charge on any atom is -0.328 e. The van der Waals surface area contributed by atoms with Gasteiger partial charge in [-0.2, -0.15) is 4.99 Å². The number of carbonyl (C=O) groups is 1. The van der Waals surface area contributed by atoms with E-state index in [-0.39, 0.29) is 11.8 Å². The Morgan fingerprint density at radius 2 is 2.36 bits per heavy atom. The van der Waals surface area contributed by atoms with Crippen molar-refractivity contribution in [2.24, 2.45) is 10.7 Å². The van der Waals surface area contributed by atoms with Crippen LogP contribution < -0.4 is 5.73 Å². The molecule has 0 aromatic rings. The van der Waals surface area contributed by atoms with Gasteiger partial charge < -0.3 is 5.73 Å². The van der Waals surface area contributed by atoms with Crippen molar-refractivity contribution in [3.8, 4) is 0 Å². The summed E-state index contributed by atoms with van der Waals surface area (Å²) in [6.45, 7) is 0. The van der Waals surface area contributed by atoms with Crippen LogP contribution in [0.15, 0.2) is 4.99 Å². The van der Waals surface area contributed by atoms with Crippen LogP contribution in [0.3, 0.4) is 0 Å². The molecule has 1 aliphatic carbocycles. The summed E-state index contributed by atoms with van der Waals surface area (Å²) in [5.74, 6) is 0.00931. The van der Waals surface area contributed by atoms with Crippen molar-refractivity contribution < 1.29 is 9.59 Å². The zero-order chi connectivity index (χ0) is 8.27. The number of rotatable bonds is 1. The van der Waals surface area contributed by atoms with Gasteiger partial charge in [0.05, 0.1) is 0 Å². The summed E-state index contributed by atoms with van der Waals surface area (Å²) in [5.41, 5.74) is 5.58. The Balaban J connectivity index is 2.61. The van der Waals surface area contributed by atoms with Gasteiger partial charge >= 0.3 is 0 Å². The van der Waals surface area contributed by atoms with Gasteiger partial charge in [-0.3, -0.25) is 4.79 Å². The van der Waals surface area contributed by atoms with E-state index in [1.807, 2.05) is 0 Å². The normalized spacial score (nSPS) is 31.2. The summed E-state index contributed by atoms with van der Waals surface area (Å²) in [6, 6.07) is -0.508. The fourth-order valence-electron chi connectivity index (χ4n) is 1.22. The number of aliphatic imine (C=N–C) groups is 1. The maximum absolute atomic E-state index is 11.0. The number of Topliss-reactive ketones (excluding diaryl/α,β-unsaturated/α-hetero) is 1. The van der Waals surface area contributed by atoms with Gasteiger partial charge in [-0.15, -0.1) is 0 Å². The highest BCUT2D eigenvalue weighted by Gasteiger charge is 2.25. The lowest BCUT2D eigenvalue weighted by Crippen LogP contribution is -2.35. The molecule has 2 N–H and O–H groups in total. The fraction of sp³-hybridized carbons (Fsp3) is 0.714. The molecular weight excluding hydrogens is 144 g/mol. The second-order valence-corrected chi connectivity index (χ2v) is 2.74. The van der Waals surface area contributed by atoms with Crippen molar-refractivity contribution in [1.82, 2.24) is 0 Å². The molecule has 11 heavy (non-hydrogen) atoms. The van der Waals surface area contributed by atoms with Crippen LogP contribution in [0, 0.1) is 0 Å². The zero-order valence-electron chi connectivity index (χ0n) is 6.12. The van der Waals surface area contributed by atoms with Crippen LogP contribution in [0.1, 0.15) is 19.3 Å².